The van der Waals surface area contributed by atoms with E-state index >= 15 is 0 Å². The molecule has 0 aliphatic heterocycles. The number of amides is 2. The van der Waals surface area contributed by atoms with Gasteiger partial charge in [-0.25, -0.2) is 4.98 Å². The molecule has 130 valence electrons. The number of rotatable bonds is 7. The number of carbonyl (C=O) groups excluding carboxylic acids is 2. The molecule has 8 heteroatoms. The summed E-state index contributed by atoms with van der Waals surface area (Å²) in [6.07, 6.45) is 3.02. The lowest BCUT2D eigenvalue weighted by atomic mass is 10.3. The summed E-state index contributed by atoms with van der Waals surface area (Å²) in [6, 6.07) is 1.62. The highest BCUT2D eigenvalue weighted by atomic mass is 32.1. The quantitative estimate of drug-likeness (QED) is 0.829. The van der Waals surface area contributed by atoms with E-state index in [1.54, 1.807) is 20.0 Å². The first-order chi connectivity index (χ1) is 11.4. The van der Waals surface area contributed by atoms with Gasteiger partial charge in [0.25, 0.3) is 5.91 Å². The fourth-order valence-electron chi connectivity index (χ4n) is 2.15. The molecular formula is C16H22N4O3S. The number of nitrogens with zero attached hydrogens (tertiary/aromatic N) is 3. The van der Waals surface area contributed by atoms with Crippen LogP contribution in [-0.2, 0) is 11.2 Å². The average molecular weight is 350 g/mol. The van der Waals surface area contributed by atoms with Crippen LogP contribution in [0.1, 0.15) is 45.9 Å². The molecule has 0 saturated carbocycles. The number of hydrogen-bond acceptors (Lipinski definition) is 6. The first-order valence-corrected chi connectivity index (χ1v) is 8.67. The lowest BCUT2D eigenvalue weighted by Gasteiger charge is -2.15. The van der Waals surface area contributed by atoms with E-state index < -0.39 is 0 Å². The molecule has 0 saturated heterocycles. The number of carbonyl (C=O) groups is 2. The Labute approximate surface area is 145 Å². The van der Waals surface area contributed by atoms with Gasteiger partial charge in [-0.1, -0.05) is 18.5 Å². The number of aromatic nitrogens is 2. The normalized spacial score (nSPS) is 10.7. The maximum Gasteiger partial charge on any atom is 0.266 e. The highest BCUT2D eigenvalue weighted by molar-refractivity contribution is 7.13. The molecule has 0 aliphatic rings. The second-order valence-corrected chi connectivity index (χ2v) is 6.74. The predicted molar refractivity (Wildman–Crippen MR) is 92.3 cm³/mol. The van der Waals surface area contributed by atoms with Gasteiger partial charge in [0.05, 0.1) is 17.2 Å². The van der Waals surface area contributed by atoms with Crippen molar-refractivity contribution in [1.82, 2.24) is 15.0 Å². The number of thiazole rings is 1. The van der Waals surface area contributed by atoms with Crippen molar-refractivity contribution in [3.63, 3.8) is 0 Å². The first kappa shape index (κ1) is 18.1. The lowest BCUT2D eigenvalue weighted by Crippen LogP contribution is -2.34. The molecule has 0 atom stereocenters. The van der Waals surface area contributed by atoms with Gasteiger partial charge < -0.3 is 14.7 Å². The van der Waals surface area contributed by atoms with Crippen LogP contribution in [-0.4, -0.2) is 40.4 Å². The van der Waals surface area contributed by atoms with Crippen molar-refractivity contribution in [3.05, 3.63) is 27.4 Å². The van der Waals surface area contributed by atoms with Gasteiger partial charge in [0.2, 0.25) is 5.91 Å². The molecule has 2 aromatic heterocycles. The summed E-state index contributed by atoms with van der Waals surface area (Å²) >= 11 is 1.41. The number of unbranched alkanes of at least 4 members (excludes halogenated alkanes) is 1. The maximum absolute atomic E-state index is 12.5. The number of likely N-dealkylation sites (N-methyl/N-ethyl adjacent to an activating group) is 1. The number of nitrogens with one attached hydrogen (secondary N) is 1. The van der Waals surface area contributed by atoms with Crippen molar-refractivity contribution in [2.75, 3.05) is 18.9 Å². The summed E-state index contributed by atoms with van der Waals surface area (Å²) in [5.41, 5.74) is 0.718. The molecule has 2 rings (SSSR count). The van der Waals surface area contributed by atoms with Gasteiger partial charge in [0.15, 0.2) is 5.82 Å². The molecule has 0 aliphatic carbocycles. The summed E-state index contributed by atoms with van der Waals surface area (Å²) in [5, 5.41) is 7.26. The van der Waals surface area contributed by atoms with Gasteiger partial charge >= 0.3 is 0 Å². The topological polar surface area (TPSA) is 88.3 Å². The highest BCUT2D eigenvalue weighted by Gasteiger charge is 2.21. The summed E-state index contributed by atoms with van der Waals surface area (Å²) in [6.45, 7) is 5.62. The Morgan fingerprint density at radius 1 is 1.38 bits per heavy atom. The van der Waals surface area contributed by atoms with Gasteiger partial charge in [-0.3, -0.25) is 9.59 Å². The van der Waals surface area contributed by atoms with E-state index in [1.807, 2.05) is 6.92 Å². The van der Waals surface area contributed by atoms with Crippen LogP contribution >= 0.6 is 11.3 Å². The molecule has 2 aromatic rings. The molecular weight excluding hydrogens is 328 g/mol. The van der Waals surface area contributed by atoms with Gasteiger partial charge in [0.1, 0.15) is 10.6 Å². The molecule has 0 spiro atoms. The van der Waals surface area contributed by atoms with Crippen molar-refractivity contribution < 1.29 is 14.1 Å². The third kappa shape index (κ3) is 4.64. The van der Waals surface area contributed by atoms with E-state index in [0.717, 1.165) is 30.0 Å². The van der Waals surface area contributed by atoms with E-state index in [9.17, 15) is 9.59 Å². The Morgan fingerprint density at radius 2 is 2.12 bits per heavy atom. The monoisotopic (exact) mass is 350 g/mol. The van der Waals surface area contributed by atoms with Crippen LogP contribution in [0.2, 0.25) is 0 Å². The minimum absolute atomic E-state index is 0.0631. The van der Waals surface area contributed by atoms with Crippen LogP contribution in [0.5, 0.6) is 0 Å². The van der Waals surface area contributed by atoms with E-state index in [0.29, 0.717) is 16.5 Å². The molecule has 2 heterocycles. The largest absolute Gasteiger partial charge is 0.360 e. The van der Waals surface area contributed by atoms with E-state index in [4.69, 9.17) is 4.52 Å². The Balaban J connectivity index is 1.96. The van der Waals surface area contributed by atoms with Crippen LogP contribution in [0.15, 0.2) is 10.6 Å². The Morgan fingerprint density at radius 3 is 2.75 bits per heavy atom. The molecule has 0 unspecified atom stereocenters. The summed E-state index contributed by atoms with van der Waals surface area (Å²) in [7, 11) is 1.60. The minimum Gasteiger partial charge on any atom is -0.360 e. The van der Waals surface area contributed by atoms with Gasteiger partial charge in [-0.05, 0) is 26.7 Å². The SMILES string of the molecule is CCCCc1nc(C)c(C(=O)N(C)CC(=O)Nc2cc(C)on2)s1. The third-order valence-electron chi connectivity index (χ3n) is 3.40. The van der Waals surface area contributed by atoms with Crippen LogP contribution in [0.3, 0.4) is 0 Å². The first-order valence-electron chi connectivity index (χ1n) is 7.85. The molecule has 0 radical (unpaired) electrons. The minimum atomic E-state index is -0.326. The second kappa shape index (κ2) is 8.05. The van der Waals surface area contributed by atoms with Crippen molar-refractivity contribution in [2.24, 2.45) is 0 Å². The molecule has 7 nitrogen and oxygen atoms in total. The van der Waals surface area contributed by atoms with Crippen molar-refractivity contribution in [1.29, 1.82) is 0 Å². The van der Waals surface area contributed by atoms with Crippen molar-refractivity contribution in [3.8, 4) is 0 Å². The summed E-state index contributed by atoms with van der Waals surface area (Å²) in [4.78, 5) is 30.9. The number of hydrogen-bond donors (Lipinski definition) is 1. The molecule has 1 N–H and O–H groups in total. The van der Waals surface area contributed by atoms with Gasteiger partial charge in [0, 0.05) is 13.1 Å². The van der Waals surface area contributed by atoms with Crippen LogP contribution < -0.4 is 5.32 Å². The molecule has 0 fully saturated rings. The molecule has 0 aromatic carbocycles. The summed E-state index contributed by atoms with van der Waals surface area (Å²) < 4.78 is 4.89. The molecule has 0 bridgehead atoms. The average Bonchev–Trinajstić information content (AvgIpc) is 3.09. The fraction of sp³-hybridized carbons (Fsp3) is 0.500. The Bertz CT molecular complexity index is 723. The zero-order valence-corrected chi connectivity index (χ0v) is 15.2. The maximum atomic E-state index is 12.5. The Kier molecular flexibility index (Phi) is 6.08. The van der Waals surface area contributed by atoms with E-state index in [1.165, 1.54) is 16.2 Å². The fourth-order valence-corrected chi connectivity index (χ4v) is 3.25. The lowest BCUT2D eigenvalue weighted by molar-refractivity contribution is -0.116. The number of aryl methyl sites for hydroxylation is 3. The van der Waals surface area contributed by atoms with E-state index in [2.05, 4.69) is 22.4 Å². The molecule has 2 amide bonds. The second-order valence-electron chi connectivity index (χ2n) is 5.66. The van der Waals surface area contributed by atoms with Gasteiger partial charge in [-0.2, -0.15) is 0 Å². The zero-order valence-electron chi connectivity index (χ0n) is 14.4. The zero-order chi connectivity index (χ0) is 17.7. The van der Waals surface area contributed by atoms with Crippen LogP contribution in [0.25, 0.3) is 0 Å². The standard InChI is InChI=1S/C16H22N4O3S/c1-5-6-7-14-17-11(3)15(24-14)16(22)20(4)9-13(21)18-12-8-10(2)23-19-12/h8H,5-7,9H2,1-4H3,(H,18,19,21). The Hall–Kier alpha value is -2.22. The predicted octanol–water partition coefficient (Wildman–Crippen LogP) is 2.80. The van der Waals surface area contributed by atoms with Crippen molar-refractivity contribution >= 4 is 29.0 Å². The number of anilines is 1. The van der Waals surface area contributed by atoms with Crippen LogP contribution in [0, 0.1) is 13.8 Å². The van der Waals surface area contributed by atoms with Gasteiger partial charge in [-0.15, -0.1) is 11.3 Å². The third-order valence-corrected chi connectivity index (χ3v) is 4.61. The van der Waals surface area contributed by atoms with E-state index in [-0.39, 0.29) is 18.4 Å². The van der Waals surface area contributed by atoms with Crippen molar-refractivity contribution in [2.45, 2.75) is 40.0 Å². The smallest absolute Gasteiger partial charge is 0.266 e. The molecule has 24 heavy (non-hydrogen) atoms. The highest BCUT2D eigenvalue weighted by Crippen LogP contribution is 2.21. The van der Waals surface area contributed by atoms with Crippen LogP contribution in [0.4, 0.5) is 5.82 Å². The summed E-state index contributed by atoms with van der Waals surface area (Å²) in [5.74, 6) is 0.426.